The van der Waals surface area contributed by atoms with Crippen LogP contribution in [-0.2, 0) is 14.3 Å². The summed E-state index contributed by atoms with van der Waals surface area (Å²) < 4.78 is 19.3. The number of amides is 2. The van der Waals surface area contributed by atoms with Gasteiger partial charge in [-0.15, -0.1) is 0 Å². The Labute approximate surface area is 243 Å². The van der Waals surface area contributed by atoms with Crippen molar-refractivity contribution < 1.29 is 28.3 Å². The molecule has 1 aromatic heterocycles. The van der Waals surface area contributed by atoms with E-state index in [0.717, 1.165) is 30.2 Å². The highest BCUT2D eigenvalue weighted by molar-refractivity contribution is 9.10. The summed E-state index contributed by atoms with van der Waals surface area (Å²) in [7, 11) is 0. The Hall–Kier alpha value is -4.24. The second kappa shape index (κ2) is 11.0. The van der Waals surface area contributed by atoms with Gasteiger partial charge < -0.3 is 4.74 Å². The lowest BCUT2D eigenvalue weighted by atomic mass is 9.81. The number of aromatic nitrogens is 1. The number of hydrogen-bond acceptors (Lipinski definition) is 6. The maximum absolute atomic E-state index is 13.2. The third-order valence-electron chi connectivity index (χ3n) is 7.75. The van der Waals surface area contributed by atoms with Crippen molar-refractivity contribution >= 4 is 56.1 Å². The average Bonchev–Trinajstić information content (AvgIpc) is 3.25. The first-order chi connectivity index (χ1) is 19.8. The Bertz CT molecular complexity index is 1680. The number of hydrogen-bond donors (Lipinski definition) is 0. The maximum atomic E-state index is 13.2. The number of nitrogens with zero attached hydrogens (tertiary/aromatic N) is 2. The number of ketones is 1. The summed E-state index contributed by atoms with van der Waals surface area (Å²) in [6.45, 7) is -0.508. The summed E-state index contributed by atoms with van der Waals surface area (Å²) in [6.07, 6.45) is 3.41. The number of rotatable bonds is 6. The van der Waals surface area contributed by atoms with Crippen molar-refractivity contribution in [3.05, 3.63) is 94.2 Å². The zero-order valence-corrected chi connectivity index (χ0v) is 23.4. The van der Waals surface area contributed by atoms with Gasteiger partial charge in [-0.2, -0.15) is 0 Å². The van der Waals surface area contributed by atoms with Gasteiger partial charge in [0.25, 0.3) is 0 Å². The largest absolute Gasteiger partial charge is 0.454 e. The number of Topliss-reactive ketones (excluding diaryl/α,β-unsaturated/α-hetero) is 1. The predicted octanol–water partition coefficient (Wildman–Crippen LogP) is 6.52. The lowest BCUT2D eigenvalue weighted by molar-refractivity contribution is -0.122. The normalized spacial score (nSPS) is 18.4. The molecule has 6 rings (SSSR count). The first kappa shape index (κ1) is 27.0. The number of halogens is 2. The van der Waals surface area contributed by atoms with Gasteiger partial charge >= 0.3 is 5.97 Å². The first-order valence-corrected chi connectivity index (χ1v) is 14.1. The van der Waals surface area contributed by atoms with Crippen LogP contribution in [-0.4, -0.2) is 35.2 Å². The van der Waals surface area contributed by atoms with E-state index in [0.29, 0.717) is 27.8 Å². The van der Waals surface area contributed by atoms with E-state index in [-0.39, 0.29) is 34.8 Å². The molecule has 1 saturated carbocycles. The van der Waals surface area contributed by atoms with E-state index >= 15 is 0 Å². The first-order valence-electron chi connectivity index (χ1n) is 13.3. The van der Waals surface area contributed by atoms with Crippen LogP contribution in [0.4, 0.5) is 10.1 Å². The number of carbonyl (C=O) groups is 4. The number of benzene rings is 3. The Morgan fingerprint density at radius 3 is 2.22 bits per heavy atom. The van der Waals surface area contributed by atoms with Crippen LogP contribution in [0, 0.1) is 17.7 Å². The molecule has 2 fully saturated rings. The van der Waals surface area contributed by atoms with Crippen molar-refractivity contribution in [1.82, 2.24) is 4.98 Å². The Morgan fingerprint density at radius 2 is 1.56 bits per heavy atom. The van der Waals surface area contributed by atoms with Gasteiger partial charge in [0.15, 0.2) is 12.4 Å². The summed E-state index contributed by atoms with van der Waals surface area (Å²) in [5.41, 5.74) is 2.66. The summed E-state index contributed by atoms with van der Waals surface area (Å²) in [4.78, 5) is 57.7. The van der Waals surface area contributed by atoms with Gasteiger partial charge in [-0.05, 0) is 73.5 Å². The highest BCUT2D eigenvalue weighted by Crippen LogP contribution is 2.40. The van der Waals surface area contributed by atoms with Gasteiger partial charge in [0.2, 0.25) is 11.8 Å². The van der Waals surface area contributed by atoms with E-state index in [4.69, 9.17) is 9.72 Å². The topological polar surface area (TPSA) is 93.6 Å². The number of esters is 1. The number of anilines is 1. The van der Waals surface area contributed by atoms with Crippen molar-refractivity contribution in [2.24, 2.45) is 11.8 Å². The lowest BCUT2D eigenvalue weighted by Gasteiger charge is -2.19. The van der Waals surface area contributed by atoms with Crippen LogP contribution in [0.3, 0.4) is 0 Å². The van der Waals surface area contributed by atoms with Crippen molar-refractivity contribution in [2.45, 2.75) is 25.7 Å². The molecule has 2 amide bonds. The number of fused-ring (bicyclic) bond motifs is 2. The van der Waals surface area contributed by atoms with Crippen molar-refractivity contribution in [2.75, 3.05) is 11.5 Å². The summed E-state index contributed by atoms with van der Waals surface area (Å²) in [5.74, 6) is -2.38. The fourth-order valence-corrected chi connectivity index (χ4v) is 6.00. The molecular formula is C32H24BrFN2O5. The second-order valence-electron chi connectivity index (χ2n) is 10.3. The van der Waals surface area contributed by atoms with Gasteiger partial charge in [0.05, 0.1) is 34.3 Å². The molecule has 1 aliphatic heterocycles. The van der Waals surface area contributed by atoms with Gasteiger partial charge in [0, 0.05) is 21.0 Å². The molecule has 2 unspecified atom stereocenters. The zero-order chi connectivity index (χ0) is 28.7. The second-order valence-corrected chi connectivity index (χ2v) is 11.2. The standard InChI is InChI=1S/C32H24BrFN2O5/c33-20-9-14-27-25(15-20)26(32(40)41-17-29(37)19-5-10-21(34)11-6-19)16-28(35-27)18-7-12-22(13-8-18)36-30(38)23-3-1-2-4-24(23)31(36)39/h5-16,23-24H,1-4,17H2. The van der Waals surface area contributed by atoms with Crippen LogP contribution in [0.2, 0.25) is 0 Å². The van der Waals surface area contributed by atoms with E-state index in [1.165, 1.54) is 29.2 Å². The van der Waals surface area contributed by atoms with Gasteiger partial charge in [-0.3, -0.25) is 19.3 Å². The molecular weight excluding hydrogens is 591 g/mol. The Kier molecular flexibility index (Phi) is 7.21. The average molecular weight is 615 g/mol. The zero-order valence-electron chi connectivity index (χ0n) is 21.8. The van der Waals surface area contributed by atoms with E-state index in [2.05, 4.69) is 15.9 Å². The monoisotopic (exact) mass is 614 g/mol. The molecule has 1 saturated heterocycles. The molecule has 7 nitrogen and oxygen atoms in total. The molecule has 1 aliphatic carbocycles. The van der Waals surface area contributed by atoms with Crippen molar-refractivity contribution in [3.63, 3.8) is 0 Å². The van der Waals surface area contributed by atoms with Crippen LogP contribution in [0.25, 0.3) is 22.2 Å². The quantitative estimate of drug-likeness (QED) is 0.139. The molecule has 206 valence electrons. The van der Waals surface area contributed by atoms with Gasteiger partial charge in [-0.1, -0.05) is 40.9 Å². The van der Waals surface area contributed by atoms with Gasteiger partial charge in [-0.25, -0.2) is 14.2 Å². The Morgan fingerprint density at radius 1 is 0.902 bits per heavy atom. The number of carbonyl (C=O) groups excluding carboxylic acids is 4. The maximum Gasteiger partial charge on any atom is 0.339 e. The van der Waals surface area contributed by atoms with E-state index in [1.54, 1.807) is 48.5 Å². The summed E-state index contributed by atoms with van der Waals surface area (Å²) >= 11 is 3.43. The van der Waals surface area contributed by atoms with Crippen LogP contribution in [0.1, 0.15) is 46.4 Å². The van der Waals surface area contributed by atoms with Crippen LogP contribution in [0.5, 0.6) is 0 Å². The highest BCUT2D eigenvalue weighted by Gasteiger charge is 2.48. The SMILES string of the molecule is O=C(COC(=O)c1cc(-c2ccc(N3C(=O)C4CCCCC4C3=O)cc2)nc2ccc(Br)cc12)c1ccc(F)cc1. The number of ether oxygens (including phenoxy) is 1. The van der Waals surface area contributed by atoms with Crippen LogP contribution < -0.4 is 4.90 Å². The molecule has 4 aromatic rings. The fraction of sp³-hybridized carbons (Fsp3) is 0.219. The fourth-order valence-electron chi connectivity index (χ4n) is 5.64. The van der Waals surface area contributed by atoms with Crippen LogP contribution in [0.15, 0.2) is 77.3 Å². The predicted molar refractivity (Wildman–Crippen MR) is 154 cm³/mol. The van der Waals surface area contributed by atoms with Gasteiger partial charge in [0.1, 0.15) is 5.82 Å². The van der Waals surface area contributed by atoms with E-state index in [9.17, 15) is 23.6 Å². The van der Waals surface area contributed by atoms with Crippen LogP contribution >= 0.6 is 15.9 Å². The number of pyridine rings is 1. The molecule has 0 N–H and O–H groups in total. The molecule has 0 radical (unpaired) electrons. The van der Waals surface area contributed by atoms with Crippen molar-refractivity contribution in [1.29, 1.82) is 0 Å². The molecule has 41 heavy (non-hydrogen) atoms. The van der Waals surface area contributed by atoms with Crippen molar-refractivity contribution in [3.8, 4) is 11.3 Å². The molecule has 9 heteroatoms. The third-order valence-corrected chi connectivity index (χ3v) is 8.25. The number of imide groups is 1. The minimum atomic E-state index is -0.709. The molecule has 0 spiro atoms. The highest BCUT2D eigenvalue weighted by atomic mass is 79.9. The molecule has 2 aliphatic rings. The lowest BCUT2D eigenvalue weighted by Crippen LogP contribution is -2.30. The Balaban J connectivity index is 1.28. The van der Waals surface area contributed by atoms with E-state index < -0.39 is 24.2 Å². The van der Waals surface area contributed by atoms with E-state index in [1.807, 2.05) is 0 Å². The molecule has 2 heterocycles. The molecule has 3 aromatic carbocycles. The minimum absolute atomic E-state index is 0.137. The molecule has 0 bridgehead atoms. The summed E-state index contributed by atoms with van der Waals surface area (Å²) in [5, 5.41) is 0.537. The summed E-state index contributed by atoms with van der Waals surface area (Å²) in [6, 6.07) is 18.9. The minimum Gasteiger partial charge on any atom is -0.454 e. The smallest absolute Gasteiger partial charge is 0.339 e. The third kappa shape index (κ3) is 5.17. The molecule has 2 atom stereocenters.